The van der Waals surface area contributed by atoms with Crippen LogP contribution in [0.3, 0.4) is 0 Å². The number of fused-ring (bicyclic) bond motifs is 2. The topological polar surface area (TPSA) is 73.0 Å². The SMILES string of the molecule is O=C(/C=C\c1ccco1)Nc1ccc2nn(-c3cccc4ccccc34)nc2c1. The van der Waals surface area contributed by atoms with Gasteiger partial charge >= 0.3 is 0 Å². The molecule has 0 spiro atoms. The van der Waals surface area contributed by atoms with E-state index in [4.69, 9.17) is 4.42 Å². The van der Waals surface area contributed by atoms with Crippen molar-refractivity contribution in [2.24, 2.45) is 0 Å². The number of anilines is 1. The average Bonchev–Trinajstić information content (AvgIpc) is 3.41. The quantitative estimate of drug-likeness (QED) is 0.454. The normalized spacial score (nSPS) is 11.4. The molecule has 0 bridgehead atoms. The summed E-state index contributed by atoms with van der Waals surface area (Å²) in [6, 6.07) is 23.2. The summed E-state index contributed by atoms with van der Waals surface area (Å²) >= 11 is 0. The van der Waals surface area contributed by atoms with E-state index in [1.165, 1.54) is 6.08 Å². The van der Waals surface area contributed by atoms with Crippen LogP contribution in [0.5, 0.6) is 0 Å². The Morgan fingerprint density at radius 2 is 1.79 bits per heavy atom. The number of carbonyl (C=O) groups excluding carboxylic acids is 1. The van der Waals surface area contributed by atoms with Crippen molar-refractivity contribution in [1.29, 1.82) is 0 Å². The van der Waals surface area contributed by atoms with Crippen LogP contribution in [0.1, 0.15) is 5.76 Å². The molecule has 0 atom stereocenters. The highest BCUT2D eigenvalue weighted by Gasteiger charge is 2.09. The largest absolute Gasteiger partial charge is 0.465 e. The number of hydrogen-bond donors (Lipinski definition) is 1. The van der Waals surface area contributed by atoms with Gasteiger partial charge in [0.05, 0.1) is 12.0 Å². The molecule has 0 radical (unpaired) electrons. The third kappa shape index (κ3) is 3.39. The number of rotatable bonds is 4. The molecule has 5 aromatic rings. The van der Waals surface area contributed by atoms with Crippen molar-refractivity contribution in [2.75, 3.05) is 5.32 Å². The van der Waals surface area contributed by atoms with Crippen molar-refractivity contribution in [3.63, 3.8) is 0 Å². The van der Waals surface area contributed by atoms with Crippen LogP contribution >= 0.6 is 0 Å². The molecule has 0 aliphatic carbocycles. The minimum absolute atomic E-state index is 0.248. The minimum Gasteiger partial charge on any atom is -0.465 e. The monoisotopic (exact) mass is 380 g/mol. The van der Waals surface area contributed by atoms with Gasteiger partial charge in [-0.2, -0.15) is 0 Å². The summed E-state index contributed by atoms with van der Waals surface area (Å²) in [5.41, 5.74) is 3.01. The molecule has 140 valence electrons. The summed E-state index contributed by atoms with van der Waals surface area (Å²) in [5, 5.41) is 14.2. The first kappa shape index (κ1) is 16.9. The van der Waals surface area contributed by atoms with Gasteiger partial charge in [-0.1, -0.05) is 36.4 Å². The molecule has 0 unspecified atom stereocenters. The molecule has 3 aromatic carbocycles. The number of furan rings is 1. The van der Waals surface area contributed by atoms with Crippen LogP contribution in [0.25, 0.3) is 33.6 Å². The van der Waals surface area contributed by atoms with Crippen molar-refractivity contribution < 1.29 is 9.21 Å². The van der Waals surface area contributed by atoms with Gasteiger partial charge in [0.2, 0.25) is 5.91 Å². The Balaban J connectivity index is 1.43. The second-order valence-corrected chi connectivity index (χ2v) is 6.53. The Morgan fingerprint density at radius 3 is 2.69 bits per heavy atom. The molecule has 6 nitrogen and oxygen atoms in total. The van der Waals surface area contributed by atoms with E-state index in [0.717, 1.165) is 22.0 Å². The number of benzene rings is 3. The first-order valence-electron chi connectivity index (χ1n) is 9.14. The van der Waals surface area contributed by atoms with Gasteiger partial charge in [0.15, 0.2) is 0 Å². The van der Waals surface area contributed by atoms with E-state index < -0.39 is 0 Å². The van der Waals surface area contributed by atoms with E-state index in [-0.39, 0.29) is 5.91 Å². The van der Waals surface area contributed by atoms with Crippen molar-refractivity contribution in [3.05, 3.63) is 90.9 Å². The molecule has 0 saturated heterocycles. The zero-order valence-electron chi connectivity index (χ0n) is 15.3. The molecule has 0 aliphatic heterocycles. The standard InChI is InChI=1S/C23H16N4O2/c28-23(13-11-18-7-4-14-29-18)24-17-10-12-20-21(15-17)26-27(25-20)22-9-3-6-16-5-1-2-8-19(16)22/h1-15H,(H,24,28)/b13-11-. The maximum absolute atomic E-state index is 12.1. The van der Waals surface area contributed by atoms with E-state index in [1.54, 1.807) is 29.3 Å². The zero-order valence-corrected chi connectivity index (χ0v) is 15.3. The second-order valence-electron chi connectivity index (χ2n) is 6.53. The fraction of sp³-hybridized carbons (Fsp3) is 0. The second kappa shape index (κ2) is 7.09. The summed E-state index contributed by atoms with van der Waals surface area (Å²) in [4.78, 5) is 13.8. The number of carbonyl (C=O) groups is 1. The van der Waals surface area contributed by atoms with Crippen molar-refractivity contribution in [2.45, 2.75) is 0 Å². The Bertz CT molecular complexity index is 1340. The van der Waals surface area contributed by atoms with E-state index >= 15 is 0 Å². The number of aromatic nitrogens is 3. The van der Waals surface area contributed by atoms with Crippen LogP contribution in [-0.4, -0.2) is 20.9 Å². The lowest BCUT2D eigenvalue weighted by Gasteiger charge is -2.04. The smallest absolute Gasteiger partial charge is 0.248 e. The van der Waals surface area contributed by atoms with E-state index in [0.29, 0.717) is 17.0 Å². The van der Waals surface area contributed by atoms with Crippen LogP contribution < -0.4 is 5.32 Å². The minimum atomic E-state index is -0.248. The predicted octanol–water partition coefficient (Wildman–Crippen LogP) is 4.82. The molecule has 0 fully saturated rings. The summed E-state index contributed by atoms with van der Waals surface area (Å²) in [7, 11) is 0. The maximum Gasteiger partial charge on any atom is 0.248 e. The van der Waals surface area contributed by atoms with Crippen LogP contribution in [0.15, 0.2) is 89.6 Å². The Labute approximate surface area is 166 Å². The van der Waals surface area contributed by atoms with Gasteiger partial charge in [0.1, 0.15) is 16.8 Å². The first-order valence-corrected chi connectivity index (χ1v) is 9.14. The number of amides is 1. The summed E-state index contributed by atoms with van der Waals surface area (Å²) in [5.74, 6) is 0.371. The lowest BCUT2D eigenvalue weighted by molar-refractivity contribution is -0.111. The Kier molecular flexibility index (Phi) is 4.14. The number of hydrogen-bond acceptors (Lipinski definition) is 4. The van der Waals surface area contributed by atoms with E-state index in [9.17, 15) is 4.79 Å². The summed E-state index contributed by atoms with van der Waals surface area (Å²) in [6.07, 6.45) is 4.60. The molecule has 5 rings (SSSR count). The first-order chi connectivity index (χ1) is 14.3. The van der Waals surface area contributed by atoms with Gasteiger partial charge in [-0.3, -0.25) is 4.79 Å². The molecule has 1 N–H and O–H groups in total. The van der Waals surface area contributed by atoms with Gasteiger partial charge in [-0.05, 0) is 47.9 Å². The summed E-state index contributed by atoms with van der Waals surface area (Å²) in [6.45, 7) is 0. The molecule has 2 heterocycles. The summed E-state index contributed by atoms with van der Waals surface area (Å²) < 4.78 is 5.18. The number of nitrogens with zero attached hydrogens (tertiary/aromatic N) is 3. The molecular weight excluding hydrogens is 364 g/mol. The van der Waals surface area contributed by atoms with Crippen LogP contribution in [0.2, 0.25) is 0 Å². The third-order valence-corrected chi connectivity index (χ3v) is 4.57. The Morgan fingerprint density at radius 1 is 0.931 bits per heavy atom. The van der Waals surface area contributed by atoms with E-state index in [1.807, 2.05) is 42.5 Å². The van der Waals surface area contributed by atoms with Gasteiger partial charge in [0, 0.05) is 17.1 Å². The van der Waals surface area contributed by atoms with Crippen LogP contribution in [0, 0.1) is 0 Å². The highest BCUT2D eigenvalue weighted by atomic mass is 16.3. The molecule has 2 aromatic heterocycles. The molecule has 0 saturated carbocycles. The number of nitrogens with one attached hydrogen (secondary N) is 1. The fourth-order valence-corrected chi connectivity index (χ4v) is 3.21. The predicted molar refractivity (Wildman–Crippen MR) is 113 cm³/mol. The molecular formula is C23H16N4O2. The molecule has 0 aliphatic rings. The Hall–Kier alpha value is -4.19. The molecule has 29 heavy (non-hydrogen) atoms. The van der Waals surface area contributed by atoms with Gasteiger partial charge in [-0.25, -0.2) is 0 Å². The zero-order chi connectivity index (χ0) is 19.6. The highest BCUT2D eigenvalue weighted by Crippen LogP contribution is 2.23. The van der Waals surface area contributed by atoms with Crippen molar-refractivity contribution >= 4 is 39.5 Å². The van der Waals surface area contributed by atoms with Crippen LogP contribution in [-0.2, 0) is 4.79 Å². The van der Waals surface area contributed by atoms with E-state index in [2.05, 4.69) is 33.7 Å². The van der Waals surface area contributed by atoms with Crippen molar-refractivity contribution in [3.8, 4) is 5.69 Å². The third-order valence-electron chi connectivity index (χ3n) is 4.57. The highest BCUT2D eigenvalue weighted by molar-refractivity contribution is 6.02. The lowest BCUT2D eigenvalue weighted by Crippen LogP contribution is -2.07. The average molecular weight is 380 g/mol. The molecule has 1 amide bonds. The van der Waals surface area contributed by atoms with Gasteiger partial charge < -0.3 is 9.73 Å². The molecule has 6 heteroatoms. The van der Waals surface area contributed by atoms with Crippen molar-refractivity contribution in [1.82, 2.24) is 15.0 Å². The maximum atomic E-state index is 12.1. The lowest BCUT2D eigenvalue weighted by atomic mass is 10.1. The van der Waals surface area contributed by atoms with Crippen LogP contribution in [0.4, 0.5) is 5.69 Å². The fourth-order valence-electron chi connectivity index (χ4n) is 3.21. The van der Waals surface area contributed by atoms with Gasteiger partial charge in [-0.15, -0.1) is 15.0 Å². The van der Waals surface area contributed by atoms with Gasteiger partial charge in [0.25, 0.3) is 0 Å².